The van der Waals surface area contributed by atoms with Crippen molar-refractivity contribution in [1.82, 2.24) is 24.8 Å². The number of carbonyl (C=O) groups excluding carboxylic acids is 1. The van der Waals surface area contributed by atoms with Gasteiger partial charge < -0.3 is 29.4 Å². The van der Waals surface area contributed by atoms with E-state index in [0.717, 1.165) is 12.5 Å². The van der Waals surface area contributed by atoms with Gasteiger partial charge in [0.15, 0.2) is 29.5 Å². The number of nitrogens with one attached hydrogen (secondary N) is 2. The summed E-state index contributed by atoms with van der Waals surface area (Å²) >= 11 is 0. The second-order valence-corrected chi connectivity index (χ2v) is 9.81. The molecule has 2 amide bonds. The topological polar surface area (TPSA) is 159 Å². The fourth-order valence-electron chi connectivity index (χ4n) is 4.99. The summed E-state index contributed by atoms with van der Waals surface area (Å²) in [6.45, 7) is 2.19. The van der Waals surface area contributed by atoms with Gasteiger partial charge in [-0.3, -0.25) is 9.88 Å². The highest BCUT2D eigenvalue weighted by Gasteiger charge is 2.54. The fraction of sp³-hybridized carbons (Fsp3) is 0.321. The molecule has 13 nitrogen and oxygen atoms in total. The lowest BCUT2D eigenvalue weighted by Crippen LogP contribution is -2.33. The van der Waals surface area contributed by atoms with Gasteiger partial charge in [-0.2, -0.15) is 0 Å². The van der Waals surface area contributed by atoms with Crippen LogP contribution in [0.25, 0.3) is 11.2 Å². The lowest BCUT2D eigenvalue weighted by Gasteiger charge is -2.22. The Balaban J connectivity index is 1.29. The number of hydrogen-bond acceptors (Lipinski definition) is 9. The molecule has 2 aromatic heterocycles. The van der Waals surface area contributed by atoms with Crippen LogP contribution in [-0.2, 0) is 14.2 Å². The molecular formula is C28H26F2N6O7. The van der Waals surface area contributed by atoms with E-state index >= 15 is 0 Å². The standard InChI is InChI=1S/C28H26F2N6O7/c1-2-10-31-28(39)35-23-20-24(33-12-32-23)36(13-34-20)25-22-21(42-27(43-22)14-6-8-15(29)9-7-14)18(41-25)11-40-17-5-3-4-16(30)19(17)26(37)38/h3-9,12-13,18,21-22,25,27H,2,10-11H2,1H3,(H,37,38)(H2,31,32,33,35,39)/t18?,21?,22?,25?,27-/m0/s1. The first-order valence-corrected chi connectivity index (χ1v) is 13.4. The average molecular weight is 597 g/mol. The van der Waals surface area contributed by atoms with Crippen LogP contribution >= 0.6 is 0 Å². The van der Waals surface area contributed by atoms with Gasteiger partial charge in [0, 0.05) is 12.1 Å². The van der Waals surface area contributed by atoms with Crippen LogP contribution < -0.4 is 15.4 Å². The number of ether oxygens (including phenoxy) is 4. The maximum Gasteiger partial charge on any atom is 0.342 e. The average Bonchev–Trinajstić information content (AvgIpc) is 3.70. The first-order chi connectivity index (χ1) is 20.8. The SMILES string of the molecule is CCCNC(=O)Nc1ncnc2c1ncn2C1OC(COc2cccc(F)c2C(=O)O)C2O[C@H](c3ccc(F)cc3)OC21. The Bertz CT molecular complexity index is 1650. The number of fused-ring (bicyclic) bond motifs is 2. The Labute approximate surface area is 242 Å². The van der Waals surface area contributed by atoms with Crippen molar-refractivity contribution < 1.29 is 42.4 Å². The van der Waals surface area contributed by atoms with E-state index in [1.54, 1.807) is 4.57 Å². The number of imidazole rings is 1. The molecule has 4 unspecified atom stereocenters. The number of carbonyl (C=O) groups is 2. The molecule has 3 N–H and O–H groups in total. The maximum atomic E-state index is 14.2. The third-order valence-electron chi connectivity index (χ3n) is 6.98. The molecule has 2 fully saturated rings. The lowest BCUT2D eigenvalue weighted by molar-refractivity contribution is -0.152. The molecule has 2 saturated heterocycles. The van der Waals surface area contributed by atoms with Gasteiger partial charge in [0.2, 0.25) is 0 Å². The highest BCUT2D eigenvalue weighted by Crippen LogP contribution is 2.45. The van der Waals surface area contributed by atoms with Gasteiger partial charge in [-0.25, -0.2) is 33.3 Å². The van der Waals surface area contributed by atoms with E-state index in [1.165, 1.54) is 49.1 Å². The number of amides is 2. The van der Waals surface area contributed by atoms with Crippen molar-refractivity contribution in [3.63, 3.8) is 0 Å². The lowest BCUT2D eigenvalue weighted by atomic mass is 10.1. The highest BCUT2D eigenvalue weighted by atomic mass is 19.1. The Hall–Kier alpha value is -4.73. The van der Waals surface area contributed by atoms with Crippen molar-refractivity contribution in [3.05, 3.63) is 77.9 Å². The first-order valence-electron chi connectivity index (χ1n) is 13.4. The summed E-state index contributed by atoms with van der Waals surface area (Å²) in [4.78, 5) is 36.8. The predicted molar refractivity (Wildman–Crippen MR) is 144 cm³/mol. The van der Waals surface area contributed by atoms with E-state index in [1.807, 2.05) is 6.92 Å². The third kappa shape index (κ3) is 5.57. The smallest absolute Gasteiger partial charge is 0.342 e. The summed E-state index contributed by atoms with van der Waals surface area (Å²) in [5.74, 6) is -2.83. The predicted octanol–water partition coefficient (Wildman–Crippen LogP) is 3.79. The molecule has 0 saturated carbocycles. The molecule has 0 aliphatic carbocycles. The van der Waals surface area contributed by atoms with E-state index in [0.29, 0.717) is 23.3 Å². The van der Waals surface area contributed by atoms with Crippen LogP contribution in [0.5, 0.6) is 5.75 Å². The largest absolute Gasteiger partial charge is 0.490 e. The summed E-state index contributed by atoms with van der Waals surface area (Å²) < 4.78 is 53.9. The number of carboxylic acid groups (broad SMARTS) is 1. The maximum absolute atomic E-state index is 14.2. The van der Waals surface area contributed by atoms with Crippen LogP contribution in [0, 0.1) is 11.6 Å². The van der Waals surface area contributed by atoms with E-state index in [2.05, 4.69) is 25.6 Å². The molecule has 4 heterocycles. The third-order valence-corrected chi connectivity index (χ3v) is 6.98. The normalized spacial score (nSPS) is 22.8. The second-order valence-electron chi connectivity index (χ2n) is 9.81. The Morgan fingerprint density at radius 1 is 1.05 bits per heavy atom. The highest BCUT2D eigenvalue weighted by molar-refractivity contribution is 5.95. The number of aromatic nitrogens is 4. The van der Waals surface area contributed by atoms with Crippen molar-refractivity contribution >= 4 is 29.0 Å². The number of rotatable bonds is 9. The summed E-state index contributed by atoms with van der Waals surface area (Å²) in [5.41, 5.74) is 0.587. The van der Waals surface area contributed by atoms with E-state index in [9.17, 15) is 23.5 Å². The molecule has 4 aromatic rings. The van der Waals surface area contributed by atoms with Crippen LogP contribution in [0.15, 0.2) is 55.1 Å². The number of halogens is 2. The minimum Gasteiger partial charge on any atom is -0.490 e. The molecule has 2 aliphatic rings. The fourth-order valence-corrected chi connectivity index (χ4v) is 4.99. The van der Waals surface area contributed by atoms with Crippen LogP contribution in [-0.4, -0.2) is 68.1 Å². The minimum absolute atomic E-state index is 0.178. The molecule has 5 atom stereocenters. The zero-order valence-corrected chi connectivity index (χ0v) is 22.6. The van der Waals surface area contributed by atoms with E-state index in [4.69, 9.17) is 18.9 Å². The van der Waals surface area contributed by atoms with Gasteiger partial charge >= 0.3 is 12.0 Å². The number of carboxylic acids is 1. The molecule has 0 radical (unpaired) electrons. The monoisotopic (exact) mass is 596 g/mol. The summed E-state index contributed by atoms with van der Waals surface area (Å²) in [6, 6.07) is 8.90. The summed E-state index contributed by atoms with van der Waals surface area (Å²) in [6.07, 6.45) is -0.552. The van der Waals surface area contributed by atoms with Gasteiger partial charge in [-0.1, -0.05) is 25.1 Å². The molecule has 2 aliphatic heterocycles. The number of hydrogen-bond donors (Lipinski definition) is 3. The van der Waals surface area contributed by atoms with Crippen molar-refractivity contribution in [1.29, 1.82) is 0 Å². The molecule has 224 valence electrons. The van der Waals surface area contributed by atoms with E-state index in [-0.39, 0.29) is 18.2 Å². The van der Waals surface area contributed by atoms with Gasteiger partial charge in [-0.15, -0.1) is 0 Å². The van der Waals surface area contributed by atoms with Crippen molar-refractivity contribution in [2.24, 2.45) is 0 Å². The van der Waals surface area contributed by atoms with Crippen molar-refractivity contribution in [3.8, 4) is 5.75 Å². The molecule has 0 spiro atoms. The second kappa shape index (κ2) is 11.9. The molecular weight excluding hydrogens is 570 g/mol. The summed E-state index contributed by atoms with van der Waals surface area (Å²) in [5, 5.41) is 14.9. The van der Waals surface area contributed by atoms with E-state index < -0.39 is 60.0 Å². The molecule has 2 aromatic carbocycles. The van der Waals surface area contributed by atoms with Crippen molar-refractivity contribution in [2.75, 3.05) is 18.5 Å². The number of anilines is 1. The van der Waals surface area contributed by atoms with Crippen LogP contribution in [0.3, 0.4) is 0 Å². The molecule has 43 heavy (non-hydrogen) atoms. The van der Waals surface area contributed by atoms with Gasteiger partial charge in [-0.05, 0) is 30.7 Å². The summed E-state index contributed by atoms with van der Waals surface area (Å²) in [7, 11) is 0. The van der Waals surface area contributed by atoms with Crippen LogP contribution in [0.2, 0.25) is 0 Å². The Morgan fingerprint density at radius 3 is 2.60 bits per heavy atom. The minimum atomic E-state index is -1.48. The van der Waals surface area contributed by atoms with Gasteiger partial charge in [0.05, 0.1) is 6.33 Å². The number of benzene rings is 2. The van der Waals surface area contributed by atoms with Gasteiger partial charge in [0.1, 0.15) is 54.2 Å². The van der Waals surface area contributed by atoms with Crippen molar-refractivity contribution in [2.45, 2.75) is 44.2 Å². The Morgan fingerprint density at radius 2 is 1.84 bits per heavy atom. The number of urea groups is 1. The first kappa shape index (κ1) is 28.4. The van der Waals surface area contributed by atoms with Gasteiger partial charge in [0.25, 0.3) is 0 Å². The zero-order chi connectivity index (χ0) is 30.1. The molecule has 0 bridgehead atoms. The molecule has 6 rings (SSSR count). The van der Waals surface area contributed by atoms with Crippen LogP contribution in [0.1, 0.15) is 41.8 Å². The zero-order valence-electron chi connectivity index (χ0n) is 22.6. The quantitative estimate of drug-likeness (QED) is 0.260. The number of aromatic carboxylic acids is 1. The number of nitrogens with zero attached hydrogens (tertiary/aromatic N) is 4. The Kier molecular flexibility index (Phi) is 7.84. The van der Waals surface area contributed by atoms with Crippen LogP contribution in [0.4, 0.5) is 19.4 Å². The molecule has 15 heteroatoms.